The standard InChI is InChI=1S/C30H33BrN2O4/c1-30(2,3)37-29(35)24-14-12-22(31)18-26(24)32-28(34)25-19-23(33-16-8-5-9-17-33)13-15-27(25)36-20-21-10-6-4-7-11-21/h4,6-7,10-15,18-19H,5,8-9,16-17,20H2,1-3H3,(H,32,34). The van der Waals surface area contributed by atoms with Crippen molar-refractivity contribution in [3.05, 3.63) is 87.9 Å². The molecule has 7 heteroatoms. The summed E-state index contributed by atoms with van der Waals surface area (Å²) in [7, 11) is 0. The van der Waals surface area contributed by atoms with Crippen LogP contribution in [0.5, 0.6) is 5.75 Å². The minimum Gasteiger partial charge on any atom is -0.488 e. The lowest BCUT2D eigenvalue weighted by molar-refractivity contribution is 0.00707. The summed E-state index contributed by atoms with van der Waals surface area (Å²) in [6.07, 6.45) is 3.48. The zero-order chi connectivity index (χ0) is 26.4. The Kier molecular flexibility index (Phi) is 8.54. The Bertz CT molecular complexity index is 1250. The second-order valence-corrected chi connectivity index (χ2v) is 11.1. The third-order valence-electron chi connectivity index (χ3n) is 6.01. The molecule has 0 aliphatic carbocycles. The van der Waals surface area contributed by atoms with Crippen LogP contribution in [0.1, 0.15) is 66.3 Å². The summed E-state index contributed by atoms with van der Waals surface area (Å²) < 4.78 is 12.4. The Morgan fingerprint density at radius 2 is 1.65 bits per heavy atom. The molecule has 1 heterocycles. The van der Waals surface area contributed by atoms with E-state index in [9.17, 15) is 9.59 Å². The molecule has 0 bridgehead atoms. The number of hydrogen-bond acceptors (Lipinski definition) is 5. The van der Waals surface area contributed by atoms with Gasteiger partial charge in [-0.25, -0.2) is 4.79 Å². The van der Waals surface area contributed by atoms with Gasteiger partial charge < -0.3 is 19.7 Å². The smallest absolute Gasteiger partial charge is 0.340 e. The summed E-state index contributed by atoms with van der Waals surface area (Å²) in [6.45, 7) is 7.68. The molecule has 1 fully saturated rings. The van der Waals surface area contributed by atoms with Crippen molar-refractivity contribution in [3.63, 3.8) is 0 Å². The van der Waals surface area contributed by atoms with Crippen molar-refractivity contribution in [2.24, 2.45) is 0 Å². The maximum atomic E-state index is 13.7. The summed E-state index contributed by atoms with van der Waals surface area (Å²) in [5.74, 6) is -0.376. The number of anilines is 2. The zero-order valence-corrected chi connectivity index (χ0v) is 23.1. The molecule has 1 aliphatic heterocycles. The van der Waals surface area contributed by atoms with Crippen LogP contribution in [0.15, 0.2) is 71.2 Å². The Morgan fingerprint density at radius 3 is 2.35 bits per heavy atom. The maximum Gasteiger partial charge on any atom is 0.340 e. The van der Waals surface area contributed by atoms with Gasteiger partial charge in [-0.1, -0.05) is 46.3 Å². The van der Waals surface area contributed by atoms with Crippen LogP contribution >= 0.6 is 15.9 Å². The lowest BCUT2D eigenvalue weighted by Crippen LogP contribution is -2.29. The van der Waals surface area contributed by atoms with Crippen LogP contribution in [0.3, 0.4) is 0 Å². The highest BCUT2D eigenvalue weighted by Crippen LogP contribution is 2.30. The van der Waals surface area contributed by atoms with Crippen LogP contribution in [-0.2, 0) is 11.3 Å². The van der Waals surface area contributed by atoms with Gasteiger partial charge in [-0.05, 0) is 82.0 Å². The van der Waals surface area contributed by atoms with E-state index in [1.165, 1.54) is 6.42 Å². The van der Waals surface area contributed by atoms with E-state index in [0.717, 1.165) is 41.7 Å². The number of benzene rings is 3. The van der Waals surface area contributed by atoms with Crippen LogP contribution in [0.4, 0.5) is 11.4 Å². The van der Waals surface area contributed by atoms with Crippen LogP contribution in [0.25, 0.3) is 0 Å². The van der Waals surface area contributed by atoms with Gasteiger partial charge in [-0.2, -0.15) is 0 Å². The van der Waals surface area contributed by atoms with Gasteiger partial charge in [-0.3, -0.25) is 4.79 Å². The van der Waals surface area contributed by atoms with Crippen molar-refractivity contribution in [3.8, 4) is 5.75 Å². The van der Waals surface area contributed by atoms with E-state index in [-0.39, 0.29) is 11.5 Å². The van der Waals surface area contributed by atoms with Gasteiger partial charge in [0, 0.05) is 23.2 Å². The summed E-state index contributed by atoms with van der Waals surface area (Å²) in [5, 5.41) is 2.93. The van der Waals surface area contributed by atoms with E-state index in [4.69, 9.17) is 9.47 Å². The van der Waals surface area contributed by atoms with Crippen molar-refractivity contribution in [1.29, 1.82) is 0 Å². The number of nitrogens with zero attached hydrogens (tertiary/aromatic N) is 1. The second kappa shape index (κ2) is 11.8. The lowest BCUT2D eigenvalue weighted by atomic mass is 10.1. The third kappa shape index (κ3) is 7.35. The van der Waals surface area contributed by atoms with Gasteiger partial charge in [-0.15, -0.1) is 0 Å². The van der Waals surface area contributed by atoms with Crippen LogP contribution in [0, 0.1) is 0 Å². The average Bonchev–Trinajstić information content (AvgIpc) is 2.87. The van der Waals surface area contributed by atoms with Gasteiger partial charge in [0.2, 0.25) is 0 Å². The first kappa shape index (κ1) is 26.7. The molecule has 0 atom stereocenters. The summed E-state index contributed by atoms with van der Waals surface area (Å²) in [6, 6.07) is 20.7. The fourth-order valence-electron chi connectivity index (χ4n) is 4.23. The molecule has 0 saturated carbocycles. The second-order valence-electron chi connectivity index (χ2n) is 10.1. The van der Waals surface area contributed by atoms with E-state index < -0.39 is 11.6 Å². The predicted octanol–water partition coefficient (Wildman–Crippen LogP) is 7.23. The molecule has 3 aromatic rings. The van der Waals surface area contributed by atoms with Gasteiger partial charge in [0.1, 0.15) is 18.0 Å². The van der Waals surface area contributed by atoms with Gasteiger partial charge in [0.05, 0.1) is 16.8 Å². The summed E-state index contributed by atoms with van der Waals surface area (Å²) >= 11 is 3.45. The van der Waals surface area contributed by atoms with E-state index in [1.54, 1.807) is 18.2 Å². The van der Waals surface area contributed by atoms with Gasteiger partial charge in [0.15, 0.2) is 0 Å². The number of halogens is 1. The van der Waals surface area contributed by atoms with E-state index in [1.807, 2.05) is 69.3 Å². The zero-order valence-electron chi connectivity index (χ0n) is 21.6. The molecule has 6 nitrogen and oxygen atoms in total. The number of rotatable bonds is 7. The lowest BCUT2D eigenvalue weighted by Gasteiger charge is -2.29. The Hall–Kier alpha value is -3.32. The quantitative estimate of drug-likeness (QED) is 0.306. The van der Waals surface area contributed by atoms with Crippen LogP contribution in [-0.4, -0.2) is 30.6 Å². The third-order valence-corrected chi connectivity index (χ3v) is 6.51. The number of amides is 1. The molecule has 1 amide bonds. The molecule has 3 aromatic carbocycles. The molecule has 0 aromatic heterocycles. The molecule has 0 radical (unpaired) electrons. The largest absolute Gasteiger partial charge is 0.488 e. The Balaban J connectivity index is 1.64. The molecule has 37 heavy (non-hydrogen) atoms. The predicted molar refractivity (Wildman–Crippen MR) is 151 cm³/mol. The molecule has 1 N–H and O–H groups in total. The van der Waals surface area contributed by atoms with Crippen molar-refractivity contribution in [1.82, 2.24) is 0 Å². The first-order chi connectivity index (χ1) is 17.7. The Morgan fingerprint density at radius 1 is 0.919 bits per heavy atom. The number of ether oxygens (including phenoxy) is 2. The molecule has 0 unspecified atom stereocenters. The molecule has 194 valence electrons. The summed E-state index contributed by atoms with van der Waals surface area (Å²) in [4.78, 5) is 28.9. The van der Waals surface area contributed by atoms with Crippen molar-refractivity contribution >= 4 is 39.2 Å². The van der Waals surface area contributed by atoms with Crippen LogP contribution in [0.2, 0.25) is 0 Å². The molecular formula is C30H33BrN2O4. The number of esters is 1. The minimum absolute atomic E-state index is 0.283. The first-order valence-corrected chi connectivity index (χ1v) is 13.4. The fourth-order valence-corrected chi connectivity index (χ4v) is 4.59. The summed E-state index contributed by atoms with van der Waals surface area (Å²) in [5.41, 5.74) is 2.39. The number of piperidine rings is 1. The number of hydrogen-bond donors (Lipinski definition) is 1. The fraction of sp³-hybridized carbons (Fsp3) is 0.333. The molecule has 0 spiro atoms. The average molecular weight is 566 g/mol. The molecule has 4 rings (SSSR count). The van der Waals surface area contributed by atoms with Crippen molar-refractivity contribution in [2.45, 2.75) is 52.2 Å². The highest BCUT2D eigenvalue weighted by molar-refractivity contribution is 9.10. The number of carbonyl (C=O) groups is 2. The number of carbonyl (C=O) groups excluding carboxylic acids is 2. The highest BCUT2D eigenvalue weighted by Gasteiger charge is 2.23. The van der Waals surface area contributed by atoms with Crippen LogP contribution < -0.4 is 15.0 Å². The van der Waals surface area contributed by atoms with E-state index >= 15 is 0 Å². The van der Waals surface area contributed by atoms with E-state index in [2.05, 4.69) is 26.1 Å². The van der Waals surface area contributed by atoms with Crippen molar-refractivity contribution in [2.75, 3.05) is 23.3 Å². The molecular weight excluding hydrogens is 532 g/mol. The topological polar surface area (TPSA) is 67.9 Å². The monoisotopic (exact) mass is 564 g/mol. The van der Waals surface area contributed by atoms with Gasteiger partial charge in [0.25, 0.3) is 5.91 Å². The number of nitrogens with one attached hydrogen (secondary N) is 1. The van der Waals surface area contributed by atoms with Crippen molar-refractivity contribution < 1.29 is 19.1 Å². The molecule has 1 aliphatic rings. The first-order valence-electron chi connectivity index (χ1n) is 12.6. The molecule has 1 saturated heterocycles. The van der Waals surface area contributed by atoms with Gasteiger partial charge >= 0.3 is 5.97 Å². The SMILES string of the molecule is CC(C)(C)OC(=O)c1ccc(Br)cc1NC(=O)c1cc(N2CCCCC2)ccc1OCc1ccccc1. The van der Waals surface area contributed by atoms with E-state index in [0.29, 0.717) is 23.6 Å². The highest BCUT2D eigenvalue weighted by atomic mass is 79.9. The Labute approximate surface area is 227 Å². The maximum absolute atomic E-state index is 13.7. The minimum atomic E-state index is -0.660. The normalized spacial score (nSPS) is 13.7.